The van der Waals surface area contributed by atoms with Crippen LogP contribution in [0.25, 0.3) is 22.2 Å². The number of carbonyl (C=O) groups is 1. The van der Waals surface area contributed by atoms with Crippen LogP contribution in [-0.4, -0.2) is 58.1 Å². The summed E-state index contributed by atoms with van der Waals surface area (Å²) in [5.74, 6) is -2.45. The SMILES string of the molecule is CCN(CC)Cc1c[nH]c(NC(=O)c2ccc(-c3c(F)c(OC)cc(OC)c3F)c3nccnc23)n1. The van der Waals surface area contributed by atoms with E-state index in [2.05, 4.69) is 44.0 Å². The fourth-order valence-electron chi connectivity index (χ4n) is 3.92. The van der Waals surface area contributed by atoms with Gasteiger partial charge >= 0.3 is 0 Å². The van der Waals surface area contributed by atoms with E-state index < -0.39 is 23.1 Å². The molecule has 2 aromatic carbocycles. The van der Waals surface area contributed by atoms with Crippen molar-refractivity contribution in [2.75, 3.05) is 32.6 Å². The highest BCUT2D eigenvalue weighted by Gasteiger charge is 2.25. The van der Waals surface area contributed by atoms with Crippen molar-refractivity contribution in [2.24, 2.45) is 0 Å². The topological polar surface area (TPSA) is 105 Å². The maximum absolute atomic E-state index is 15.2. The second-order valence-corrected chi connectivity index (χ2v) is 7.85. The molecular weight excluding hydrogens is 470 g/mol. The Kier molecular flexibility index (Phi) is 7.39. The second kappa shape index (κ2) is 10.6. The van der Waals surface area contributed by atoms with Crippen molar-refractivity contribution in [1.29, 1.82) is 0 Å². The molecule has 4 aromatic rings. The van der Waals surface area contributed by atoms with Gasteiger partial charge in [0.2, 0.25) is 5.95 Å². The number of benzene rings is 2. The molecule has 9 nitrogen and oxygen atoms in total. The van der Waals surface area contributed by atoms with Gasteiger partial charge in [-0.1, -0.05) is 19.9 Å². The number of ether oxygens (including phenoxy) is 2. The molecule has 0 bridgehead atoms. The van der Waals surface area contributed by atoms with Gasteiger partial charge in [0.25, 0.3) is 5.91 Å². The number of carbonyl (C=O) groups excluding carboxylic acids is 1. The second-order valence-electron chi connectivity index (χ2n) is 7.85. The number of H-pyrrole nitrogens is 1. The van der Waals surface area contributed by atoms with E-state index in [0.29, 0.717) is 6.54 Å². The number of anilines is 1. The molecule has 36 heavy (non-hydrogen) atoms. The van der Waals surface area contributed by atoms with Crippen LogP contribution in [0.2, 0.25) is 0 Å². The Labute approximate surface area is 206 Å². The first-order chi connectivity index (χ1) is 17.4. The van der Waals surface area contributed by atoms with E-state index in [1.807, 2.05) is 0 Å². The minimum atomic E-state index is -0.920. The average Bonchev–Trinajstić information content (AvgIpc) is 3.34. The average molecular weight is 497 g/mol. The summed E-state index contributed by atoms with van der Waals surface area (Å²) in [6.07, 6.45) is 4.51. The predicted molar refractivity (Wildman–Crippen MR) is 131 cm³/mol. The third-order valence-electron chi connectivity index (χ3n) is 5.86. The van der Waals surface area contributed by atoms with Crippen molar-refractivity contribution in [3.8, 4) is 22.6 Å². The van der Waals surface area contributed by atoms with E-state index in [9.17, 15) is 4.79 Å². The lowest BCUT2D eigenvalue weighted by atomic mass is 9.99. The summed E-state index contributed by atoms with van der Waals surface area (Å²) < 4.78 is 40.5. The molecule has 4 rings (SSSR count). The van der Waals surface area contributed by atoms with Crippen molar-refractivity contribution in [1.82, 2.24) is 24.8 Å². The van der Waals surface area contributed by atoms with E-state index in [0.717, 1.165) is 24.8 Å². The standard InChI is InChI=1S/C25H26F2N6O3/c1-5-33(6-2)13-14-12-30-25(31-14)32-24(34)16-8-7-15(22-23(16)29-10-9-28-22)19-20(26)17(35-3)11-18(36-4)21(19)27/h7-12H,5-6,13H2,1-4H3,(H2,30,31,32,34). The smallest absolute Gasteiger partial charge is 0.260 e. The summed E-state index contributed by atoms with van der Waals surface area (Å²) in [5.41, 5.74) is 0.964. The Balaban J connectivity index is 1.73. The lowest BCUT2D eigenvalue weighted by Gasteiger charge is -2.15. The number of aromatic nitrogens is 4. The molecule has 0 radical (unpaired) electrons. The highest BCUT2D eigenvalue weighted by Crippen LogP contribution is 2.40. The molecule has 11 heteroatoms. The summed E-state index contributed by atoms with van der Waals surface area (Å²) in [7, 11) is 2.54. The van der Waals surface area contributed by atoms with Gasteiger partial charge in [0.1, 0.15) is 5.52 Å². The van der Waals surface area contributed by atoms with E-state index in [4.69, 9.17) is 9.47 Å². The zero-order valence-electron chi connectivity index (χ0n) is 20.4. The summed E-state index contributed by atoms with van der Waals surface area (Å²) >= 11 is 0. The predicted octanol–water partition coefficient (Wildman–Crippen LogP) is 4.41. The molecule has 1 amide bonds. The van der Waals surface area contributed by atoms with Gasteiger partial charge in [-0.3, -0.25) is 25.0 Å². The molecule has 2 aromatic heterocycles. The van der Waals surface area contributed by atoms with E-state index in [1.165, 1.54) is 38.7 Å². The van der Waals surface area contributed by atoms with Crippen LogP contribution in [0.4, 0.5) is 14.7 Å². The number of nitrogens with one attached hydrogen (secondary N) is 2. The van der Waals surface area contributed by atoms with Crippen LogP contribution in [0.3, 0.4) is 0 Å². The fraction of sp³-hybridized carbons (Fsp3) is 0.280. The number of imidazole rings is 1. The van der Waals surface area contributed by atoms with Gasteiger partial charge in [0.15, 0.2) is 23.1 Å². The first-order valence-corrected chi connectivity index (χ1v) is 11.3. The molecule has 188 valence electrons. The number of methoxy groups -OCH3 is 2. The van der Waals surface area contributed by atoms with Gasteiger partial charge in [0, 0.05) is 36.8 Å². The minimum absolute atomic E-state index is 0.0985. The first-order valence-electron chi connectivity index (χ1n) is 11.3. The highest BCUT2D eigenvalue weighted by molar-refractivity contribution is 6.13. The number of halogens is 2. The lowest BCUT2D eigenvalue weighted by Crippen LogP contribution is -2.22. The fourth-order valence-corrected chi connectivity index (χ4v) is 3.92. The molecule has 0 spiro atoms. The van der Waals surface area contributed by atoms with E-state index >= 15 is 8.78 Å². The molecule has 0 aliphatic rings. The van der Waals surface area contributed by atoms with Crippen LogP contribution in [0.15, 0.2) is 36.8 Å². The normalized spacial score (nSPS) is 11.2. The van der Waals surface area contributed by atoms with Crippen LogP contribution < -0.4 is 14.8 Å². The van der Waals surface area contributed by atoms with E-state index in [1.54, 1.807) is 6.20 Å². The van der Waals surface area contributed by atoms with Crippen molar-refractivity contribution in [2.45, 2.75) is 20.4 Å². The quantitative estimate of drug-likeness (QED) is 0.354. The third kappa shape index (κ3) is 4.69. The van der Waals surface area contributed by atoms with Crippen molar-refractivity contribution in [3.63, 3.8) is 0 Å². The zero-order valence-corrected chi connectivity index (χ0v) is 20.4. The number of hydrogen-bond acceptors (Lipinski definition) is 7. The molecule has 2 heterocycles. The van der Waals surface area contributed by atoms with Gasteiger partial charge in [-0.25, -0.2) is 13.8 Å². The van der Waals surface area contributed by atoms with Gasteiger partial charge < -0.3 is 14.5 Å². The van der Waals surface area contributed by atoms with Gasteiger partial charge in [-0.05, 0) is 19.2 Å². The number of amides is 1. The van der Waals surface area contributed by atoms with E-state index in [-0.39, 0.29) is 39.6 Å². The van der Waals surface area contributed by atoms with Crippen LogP contribution in [0, 0.1) is 11.6 Å². The molecule has 0 unspecified atom stereocenters. The maximum atomic E-state index is 15.2. The molecule has 0 saturated carbocycles. The summed E-state index contributed by atoms with van der Waals surface area (Å²) in [5, 5.41) is 2.72. The third-order valence-corrected chi connectivity index (χ3v) is 5.86. The molecule has 0 aliphatic heterocycles. The van der Waals surface area contributed by atoms with Crippen LogP contribution >= 0.6 is 0 Å². The summed E-state index contributed by atoms with van der Waals surface area (Å²) in [4.78, 5) is 31.2. The van der Waals surface area contributed by atoms with Crippen molar-refractivity contribution < 1.29 is 23.0 Å². The highest BCUT2D eigenvalue weighted by atomic mass is 19.1. The van der Waals surface area contributed by atoms with Gasteiger partial charge in [-0.2, -0.15) is 0 Å². The Morgan fingerprint density at radius 3 is 2.28 bits per heavy atom. The summed E-state index contributed by atoms with van der Waals surface area (Å²) in [6, 6.07) is 3.98. The molecule has 0 saturated heterocycles. The molecule has 0 atom stereocenters. The van der Waals surface area contributed by atoms with Gasteiger partial charge in [-0.15, -0.1) is 0 Å². The number of aromatic amines is 1. The monoisotopic (exact) mass is 496 g/mol. The van der Waals surface area contributed by atoms with Crippen LogP contribution in [0.1, 0.15) is 29.9 Å². The Hall–Kier alpha value is -4.12. The Morgan fingerprint density at radius 2 is 1.67 bits per heavy atom. The minimum Gasteiger partial charge on any atom is -0.494 e. The number of fused-ring (bicyclic) bond motifs is 1. The van der Waals surface area contributed by atoms with Crippen LogP contribution in [0.5, 0.6) is 11.5 Å². The van der Waals surface area contributed by atoms with Crippen LogP contribution in [-0.2, 0) is 6.54 Å². The Morgan fingerprint density at radius 1 is 1.03 bits per heavy atom. The zero-order chi connectivity index (χ0) is 25.8. The number of rotatable bonds is 9. The molecule has 0 aliphatic carbocycles. The number of nitrogens with zero attached hydrogens (tertiary/aromatic N) is 4. The maximum Gasteiger partial charge on any atom is 0.260 e. The van der Waals surface area contributed by atoms with Crippen molar-refractivity contribution >= 4 is 22.9 Å². The largest absolute Gasteiger partial charge is 0.494 e. The first kappa shape index (κ1) is 25.0. The summed E-state index contributed by atoms with van der Waals surface area (Å²) in [6.45, 7) is 6.52. The molecule has 2 N–H and O–H groups in total. The molecule has 0 fully saturated rings. The molecular formula is C25H26F2N6O3. The lowest BCUT2D eigenvalue weighted by molar-refractivity contribution is 0.102. The Bertz CT molecular complexity index is 1380. The number of hydrogen-bond donors (Lipinski definition) is 2. The van der Waals surface area contributed by atoms with Crippen molar-refractivity contribution in [3.05, 3.63) is 59.7 Å². The van der Waals surface area contributed by atoms with Gasteiger partial charge in [0.05, 0.1) is 36.6 Å².